The lowest BCUT2D eigenvalue weighted by molar-refractivity contribution is -0.145. The molecule has 1 aliphatic heterocycles. The average Bonchev–Trinajstić information content (AvgIpc) is 4.01. The van der Waals surface area contributed by atoms with Gasteiger partial charge in [0.25, 0.3) is 0 Å². The van der Waals surface area contributed by atoms with E-state index in [1.54, 1.807) is 38.1 Å². The lowest BCUT2D eigenvalue weighted by Gasteiger charge is -2.31. The molecular formula is C47H69N13O17. The number of nitrogens with zero attached hydrogens (tertiary/aromatic N) is 1. The minimum absolute atomic E-state index is 0.0154. The Morgan fingerprint density at radius 3 is 1.77 bits per heavy atom. The number of rotatable bonds is 32. The van der Waals surface area contributed by atoms with Gasteiger partial charge in [-0.25, -0.2) is 4.79 Å². The summed E-state index contributed by atoms with van der Waals surface area (Å²) in [6, 6.07) is -8.03. The molecule has 0 spiro atoms. The van der Waals surface area contributed by atoms with Gasteiger partial charge >= 0.3 is 11.9 Å². The van der Waals surface area contributed by atoms with Crippen molar-refractivity contribution >= 4 is 87.8 Å². The van der Waals surface area contributed by atoms with Crippen molar-refractivity contribution in [1.29, 1.82) is 0 Å². The first-order valence-corrected chi connectivity index (χ1v) is 24.5. The topological polar surface area (TPSA) is 510 Å². The number of carbonyl (C=O) groups is 13. The summed E-state index contributed by atoms with van der Waals surface area (Å²) < 4.78 is 0. The van der Waals surface area contributed by atoms with E-state index in [9.17, 15) is 82.8 Å². The quantitative estimate of drug-likeness (QED) is 0.0324. The molecular weight excluding hydrogens is 1020 g/mol. The van der Waals surface area contributed by atoms with Gasteiger partial charge in [0.1, 0.15) is 48.3 Å². The van der Waals surface area contributed by atoms with Crippen molar-refractivity contribution in [3.63, 3.8) is 0 Å². The highest BCUT2D eigenvalue weighted by molar-refractivity contribution is 6.00. The van der Waals surface area contributed by atoms with Crippen molar-refractivity contribution in [2.24, 2.45) is 28.9 Å². The van der Waals surface area contributed by atoms with Gasteiger partial charge in [0.05, 0.1) is 25.6 Å². The van der Waals surface area contributed by atoms with Gasteiger partial charge in [0.15, 0.2) is 6.04 Å². The summed E-state index contributed by atoms with van der Waals surface area (Å²) in [6.45, 7) is 3.67. The summed E-state index contributed by atoms with van der Waals surface area (Å²) >= 11 is 0. The number of hydrogen-bond acceptors (Lipinski definition) is 16. The van der Waals surface area contributed by atoms with Crippen LogP contribution in [0.2, 0.25) is 0 Å². The number of nitrogens with two attached hydrogens (primary N) is 4. The fourth-order valence-electron chi connectivity index (χ4n) is 8.20. The van der Waals surface area contributed by atoms with Crippen molar-refractivity contribution in [1.82, 2.24) is 47.1 Å². The Labute approximate surface area is 440 Å². The number of primary amides is 3. The summed E-state index contributed by atoms with van der Waals surface area (Å²) in [7, 11) is 0. The standard InChI is InChI=1S/C47H69N13O17/c1-21(2)15-29(55-39(68)25(48)20-61)42(71)58-32(18-36(51)65)46(75)60-14-6-9-33(60)45(74)54-27(10-12-34(49)63)40(69)56-30(16-23-19-52-26-8-5-4-7-24(23)26)43(72)57-31(17-35(50)64)44(73)53-28(11-13-37(66)67)41(70)59-38(22(3)62)47(76)77/h4-5,7-8,19,21-22,25,27-33,38,52,61-62H,6,9-18,20,48H2,1-3H3,(H2,49,63)(H2,50,64)(H2,51,65)(H,53,73)(H,54,74)(H,55,68)(H,56,69)(H,57,72)(H,58,71)(H,59,70)(H,66,67)(H,76,77)/t22-,25+,27+,28+,29+,30+,31+,32+,33+,38+/m1/s1. The molecule has 0 saturated carbocycles. The molecule has 0 bridgehead atoms. The largest absolute Gasteiger partial charge is 0.481 e. The number of aliphatic carboxylic acids is 2. The fraction of sp³-hybridized carbons (Fsp3) is 0.553. The molecule has 30 heteroatoms. The average molecular weight is 1090 g/mol. The third-order valence-electron chi connectivity index (χ3n) is 12.1. The molecule has 2 aromatic rings. The molecule has 0 unspecified atom stereocenters. The van der Waals surface area contributed by atoms with Crippen molar-refractivity contribution in [3.05, 3.63) is 36.0 Å². The highest BCUT2D eigenvalue weighted by atomic mass is 16.4. The summed E-state index contributed by atoms with van der Waals surface area (Å²) in [5.74, 6) is -15.0. The fourth-order valence-corrected chi connectivity index (χ4v) is 8.20. The Kier molecular flexibility index (Phi) is 24.3. The van der Waals surface area contributed by atoms with Gasteiger partial charge in [0.2, 0.25) is 65.0 Å². The number of hydrogen-bond donors (Lipinski definition) is 16. The maximum atomic E-state index is 14.4. The number of para-hydroxylation sites is 1. The minimum atomic E-state index is -1.95. The molecule has 0 aliphatic carbocycles. The van der Waals surface area contributed by atoms with Gasteiger partial charge < -0.3 is 90.5 Å². The molecule has 1 aliphatic rings. The number of benzene rings is 1. The molecule has 77 heavy (non-hydrogen) atoms. The number of aliphatic hydroxyl groups is 2. The second kappa shape index (κ2) is 29.7. The Balaban J connectivity index is 1.98. The molecule has 11 amide bonds. The van der Waals surface area contributed by atoms with Crippen LogP contribution < -0.4 is 60.2 Å². The zero-order chi connectivity index (χ0) is 57.8. The Bertz CT molecular complexity index is 2520. The molecule has 20 N–H and O–H groups in total. The van der Waals surface area contributed by atoms with Crippen LogP contribution in [0.5, 0.6) is 0 Å². The van der Waals surface area contributed by atoms with Crippen molar-refractivity contribution in [3.8, 4) is 0 Å². The molecule has 1 saturated heterocycles. The van der Waals surface area contributed by atoms with Crippen LogP contribution in [0, 0.1) is 5.92 Å². The van der Waals surface area contributed by atoms with Crippen LogP contribution >= 0.6 is 0 Å². The van der Waals surface area contributed by atoms with Crippen LogP contribution in [0.4, 0.5) is 0 Å². The van der Waals surface area contributed by atoms with E-state index in [-0.39, 0.29) is 38.1 Å². The first-order valence-electron chi connectivity index (χ1n) is 24.5. The second-order valence-corrected chi connectivity index (χ2v) is 18.9. The zero-order valence-electron chi connectivity index (χ0n) is 42.6. The first-order chi connectivity index (χ1) is 36.1. The molecule has 30 nitrogen and oxygen atoms in total. The number of carbonyl (C=O) groups excluding carboxylic acids is 11. The van der Waals surface area contributed by atoms with Crippen LogP contribution in [0.25, 0.3) is 10.9 Å². The van der Waals surface area contributed by atoms with E-state index >= 15 is 0 Å². The lowest BCUT2D eigenvalue weighted by atomic mass is 10.0. The highest BCUT2D eigenvalue weighted by Gasteiger charge is 2.41. The maximum Gasteiger partial charge on any atom is 0.328 e. The van der Waals surface area contributed by atoms with E-state index in [1.807, 2.05) is 5.32 Å². The molecule has 10 atom stereocenters. The lowest BCUT2D eigenvalue weighted by Crippen LogP contribution is -2.61. The number of H-pyrrole nitrogens is 1. The number of likely N-dealkylation sites (tertiary alicyclic amines) is 1. The number of nitrogens with one attached hydrogen (secondary N) is 8. The smallest absolute Gasteiger partial charge is 0.328 e. The van der Waals surface area contributed by atoms with Crippen LogP contribution in [0.15, 0.2) is 30.5 Å². The van der Waals surface area contributed by atoms with Crippen molar-refractivity contribution in [2.45, 2.75) is 145 Å². The van der Waals surface area contributed by atoms with Gasteiger partial charge in [-0.3, -0.25) is 57.5 Å². The summed E-state index contributed by atoms with van der Waals surface area (Å²) in [4.78, 5) is 174. The predicted octanol–water partition coefficient (Wildman–Crippen LogP) is -6.19. The van der Waals surface area contributed by atoms with E-state index < -0.39 is 183 Å². The van der Waals surface area contributed by atoms with Crippen molar-refractivity contribution in [2.75, 3.05) is 13.2 Å². The van der Waals surface area contributed by atoms with Gasteiger partial charge in [-0.2, -0.15) is 0 Å². The monoisotopic (exact) mass is 1090 g/mol. The summed E-state index contributed by atoms with van der Waals surface area (Å²) in [5, 5.41) is 54.9. The second-order valence-electron chi connectivity index (χ2n) is 18.9. The molecule has 2 heterocycles. The normalized spacial score (nSPS) is 16.7. The first kappa shape index (κ1) is 63.0. The van der Waals surface area contributed by atoms with Gasteiger partial charge in [-0.05, 0) is 56.6 Å². The number of aliphatic hydroxyl groups excluding tert-OH is 2. The van der Waals surface area contributed by atoms with E-state index in [4.69, 9.17) is 22.9 Å². The Morgan fingerprint density at radius 2 is 1.18 bits per heavy atom. The van der Waals surface area contributed by atoms with E-state index in [0.29, 0.717) is 16.5 Å². The summed E-state index contributed by atoms with van der Waals surface area (Å²) in [5.41, 5.74) is 23.0. The third-order valence-corrected chi connectivity index (χ3v) is 12.1. The highest BCUT2D eigenvalue weighted by Crippen LogP contribution is 2.22. The predicted molar refractivity (Wildman–Crippen MR) is 267 cm³/mol. The number of aromatic amines is 1. The van der Waals surface area contributed by atoms with E-state index in [1.165, 1.54) is 6.20 Å². The molecule has 1 aromatic heterocycles. The number of fused-ring (bicyclic) bond motifs is 1. The van der Waals surface area contributed by atoms with E-state index in [0.717, 1.165) is 11.8 Å². The van der Waals surface area contributed by atoms with Crippen LogP contribution in [0.1, 0.15) is 84.1 Å². The van der Waals surface area contributed by atoms with Gasteiger partial charge in [0, 0.05) is 42.9 Å². The number of carboxylic acids is 2. The van der Waals surface area contributed by atoms with E-state index in [2.05, 4.69) is 36.9 Å². The SMILES string of the molecule is CC(C)C[C@H](NC(=O)[C@@H](N)CO)C(=O)N[C@@H](CC(N)=O)C(=O)N1CCC[C@H]1C(=O)N[C@@H](CCC(N)=O)C(=O)N[C@@H](Cc1c[nH]c2ccccc12)C(=O)N[C@@H](CC(N)=O)C(=O)N[C@@H](CCC(=O)O)C(=O)N[C@H](C(=O)O)[C@@H](C)O. The summed E-state index contributed by atoms with van der Waals surface area (Å²) in [6.07, 6.45) is -4.40. The molecule has 1 aromatic carbocycles. The van der Waals surface area contributed by atoms with Crippen LogP contribution in [-0.2, 0) is 68.7 Å². The van der Waals surface area contributed by atoms with Crippen molar-refractivity contribution < 1.29 is 82.8 Å². The minimum Gasteiger partial charge on any atom is -0.481 e. The Morgan fingerprint density at radius 1 is 0.662 bits per heavy atom. The number of aromatic nitrogens is 1. The van der Waals surface area contributed by atoms with Gasteiger partial charge in [-0.1, -0.05) is 32.0 Å². The maximum absolute atomic E-state index is 14.4. The molecule has 0 radical (unpaired) electrons. The van der Waals surface area contributed by atoms with Crippen LogP contribution in [-0.4, -0.2) is 181 Å². The van der Waals surface area contributed by atoms with Crippen LogP contribution in [0.3, 0.4) is 0 Å². The number of amides is 11. The molecule has 424 valence electrons. The molecule has 1 fully saturated rings. The third kappa shape index (κ3) is 19.8. The molecule has 3 rings (SSSR count). The zero-order valence-corrected chi connectivity index (χ0v) is 42.6. The van der Waals surface area contributed by atoms with Gasteiger partial charge in [-0.15, -0.1) is 0 Å². The number of carboxylic acid groups (broad SMARTS) is 2. The Hall–Kier alpha value is -8.25.